The minimum Gasteiger partial charge on any atom is -0.392 e. The molecule has 0 unspecified atom stereocenters. The Morgan fingerprint density at radius 3 is 2.77 bits per heavy atom. The number of halogens is 3. The normalized spacial score (nSPS) is 12.0. The van der Waals surface area contributed by atoms with Crippen molar-refractivity contribution in [3.05, 3.63) is 69.8 Å². The van der Waals surface area contributed by atoms with Crippen molar-refractivity contribution in [1.82, 2.24) is 24.6 Å². The maximum absolute atomic E-state index is 14.1. The van der Waals surface area contributed by atoms with Crippen molar-refractivity contribution in [2.24, 2.45) is 0 Å². The monoisotopic (exact) mass is 442 g/mol. The van der Waals surface area contributed by atoms with Crippen LogP contribution in [0.15, 0.2) is 36.8 Å². The van der Waals surface area contributed by atoms with E-state index in [9.17, 15) is 4.39 Å². The van der Waals surface area contributed by atoms with Crippen LogP contribution < -0.4 is 11.1 Å². The van der Waals surface area contributed by atoms with Crippen LogP contribution in [0.3, 0.4) is 0 Å². The molecule has 0 aliphatic carbocycles. The highest BCUT2D eigenvalue weighted by Crippen LogP contribution is 2.34. The van der Waals surface area contributed by atoms with Crippen LogP contribution in [-0.2, 0) is 0 Å². The van der Waals surface area contributed by atoms with E-state index in [-0.39, 0.29) is 22.3 Å². The van der Waals surface area contributed by atoms with E-state index < -0.39 is 11.9 Å². The molecular formula is C19H13Cl2FN8. The second-order valence-corrected chi connectivity index (χ2v) is 7.16. The number of anilines is 2. The molecule has 150 valence electrons. The highest BCUT2D eigenvalue weighted by molar-refractivity contribution is 6.30. The number of hydrogen-bond acceptors (Lipinski definition) is 6. The molecule has 3 N–H and O–H groups in total. The Labute approximate surface area is 180 Å². The maximum Gasteiger partial charge on any atom is 0.268 e. The summed E-state index contributed by atoms with van der Waals surface area (Å²) in [6, 6.07) is 5.79. The third-order valence-electron chi connectivity index (χ3n) is 4.46. The minimum absolute atomic E-state index is 0.00590. The Morgan fingerprint density at radius 2 is 2.03 bits per heavy atom. The van der Waals surface area contributed by atoms with Crippen LogP contribution in [0, 0.1) is 12.4 Å². The number of aromatic nitrogens is 5. The summed E-state index contributed by atoms with van der Waals surface area (Å²) in [5.41, 5.74) is 8.04. The molecule has 0 aliphatic rings. The third kappa shape index (κ3) is 3.47. The van der Waals surface area contributed by atoms with E-state index in [0.29, 0.717) is 27.6 Å². The number of nitrogens with one attached hydrogen (secondary N) is 1. The van der Waals surface area contributed by atoms with Gasteiger partial charge in [-0.2, -0.15) is 5.10 Å². The fourth-order valence-electron chi connectivity index (χ4n) is 2.99. The molecule has 4 aromatic rings. The van der Waals surface area contributed by atoms with Crippen LogP contribution in [0.2, 0.25) is 10.2 Å². The van der Waals surface area contributed by atoms with Crippen molar-refractivity contribution < 1.29 is 4.39 Å². The molecule has 0 bridgehead atoms. The predicted octanol–water partition coefficient (Wildman–Crippen LogP) is 4.94. The van der Waals surface area contributed by atoms with Crippen molar-refractivity contribution >= 4 is 46.2 Å². The smallest absolute Gasteiger partial charge is 0.268 e. The predicted molar refractivity (Wildman–Crippen MR) is 113 cm³/mol. The van der Waals surface area contributed by atoms with Gasteiger partial charge >= 0.3 is 0 Å². The second kappa shape index (κ2) is 7.74. The standard InChI is InChI=1S/C19H13Cl2FN8/c1-9(28-19-17(24-2)18(23)26-8-27-19)11-6-15-25-7-14(21)30(15)29-16(11)10-3-4-12(20)13(22)5-10/h3-9H,1H3,(H3,23,26,27,28)/t9-/m0/s1. The van der Waals surface area contributed by atoms with E-state index in [4.69, 9.17) is 35.5 Å². The van der Waals surface area contributed by atoms with Crippen LogP contribution in [0.4, 0.5) is 21.7 Å². The van der Waals surface area contributed by atoms with Gasteiger partial charge in [0.2, 0.25) is 0 Å². The van der Waals surface area contributed by atoms with Gasteiger partial charge in [0.25, 0.3) is 5.69 Å². The number of nitrogen functional groups attached to an aromatic ring is 1. The van der Waals surface area contributed by atoms with Crippen molar-refractivity contribution in [2.75, 3.05) is 11.1 Å². The first kappa shape index (κ1) is 19.8. The Hall–Kier alpha value is -3.48. The largest absolute Gasteiger partial charge is 0.392 e. The number of benzene rings is 1. The van der Waals surface area contributed by atoms with Crippen LogP contribution >= 0.6 is 23.2 Å². The van der Waals surface area contributed by atoms with Crippen molar-refractivity contribution in [1.29, 1.82) is 0 Å². The summed E-state index contributed by atoms with van der Waals surface area (Å²) < 4.78 is 15.6. The average Bonchev–Trinajstić information content (AvgIpc) is 3.09. The molecule has 1 aromatic carbocycles. The Kier molecular flexibility index (Phi) is 5.11. The number of rotatable bonds is 4. The topological polar surface area (TPSA) is 98.4 Å². The first-order valence-electron chi connectivity index (χ1n) is 8.63. The second-order valence-electron chi connectivity index (χ2n) is 6.36. The summed E-state index contributed by atoms with van der Waals surface area (Å²) in [6.45, 7) is 9.18. The molecule has 30 heavy (non-hydrogen) atoms. The zero-order chi connectivity index (χ0) is 21.4. The zero-order valence-electron chi connectivity index (χ0n) is 15.4. The lowest BCUT2D eigenvalue weighted by atomic mass is 10.0. The van der Waals surface area contributed by atoms with Gasteiger partial charge in [-0.25, -0.2) is 28.7 Å². The maximum atomic E-state index is 14.1. The van der Waals surface area contributed by atoms with Gasteiger partial charge in [-0.3, -0.25) is 0 Å². The Balaban J connectivity index is 1.86. The summed E-state index contributed by atoms with van der Waals surface area (Å²) >= 11 is 12.0. The molecule has 0 aliphatic heterocycles. The number of nitrogens with two attached hydrogens (primary N) is 1. The summed E-state index contributed by atoms with van der Waals surface area (Å²) in [6.07, 6.45) is 2.74. The van der Waals surface area contributed by atoms with Gasteiger partial charge in [-0.05, 0) is 25.1 Å². The van der Waals surface area contributed by atoms with Crippen LogP contribution in [0.25, 0.3) is 21.7 Å². The molecule has 0 radical (unpaired) electrons. The van der Waals surface area contributed by atoms with E-state index in [1.807, 2.05) is 6.92 Å². The molecule has 0 fully saturated rings. The molecule has 4 rings (SSSR count). The van der Waals surface area contributed by atoms with Gasteiger partial charge in [0, 0.05) is 11.1 Å². The van der Waals surface area contributed by atoms with E-state index in [2.05, 4.69) is 30.2 Å². The molecule has 0 spiro atoms. The highest BCUT2D eigenvalue weighted by Gasteiger charge is 2.20. The first-order valence-corrected chi connectivity index (χ1v) is 9.38. The molecule has 3 heterocycles. The molecule has 0 saturated heterocycles. The lowest BCUT2D eigenvalue weighted by Crippen LogP contribution is -2.12. The highest BCUT2D eigenvalue weighted by atomic mass is 35.5. The molecular weight excluding hydrogens is 430 g/mol. The Bertz CT molecular complexity index is 1310. The van der Waals surface area contributed by atoms with Crippen LogP contribution in [0.5, 0.6) is 0 Å². The fraction of sp³-hybridized carbons (Fsp3) is 0.105. The average molecular weight is 443 g/mol. The third-order valence-corrected chi connectivity index (χ3v) is 5.02. The molecule has 1 atom stereocenters. The van der Waals surface area contributed by atoms with Crippen LogP contribution in [-0.4, -0.2) is 24.6 Å². The lowest BCUT2D eigenvalue weighted by Gasteiger charge is -2.19. The van der Waals surface area contributed by atoms with E-state index in [1.165, 1.54) is 29.2 Å². The van der Waals surface area contributed by atoms with E-state index in [0.717, 1.165) is 0 Å². The SMILES string of the molecule is [C-]#[N+]c1c(N)ncnc1N[C@@H](C)c1cc2ncc(Cl)n2nc1-c1ccc(Cl)c(F)c1. The summed E-state index contributed by atoms with van der Waals surface area (Å²) in [7, 11) is 0. The number of nitrogens with zero attached hydrogens (tertiary/aromatic N) is 6. The van der Waals surface area contributed by atoms with Gasteiger partial charge in [0.1, 0.15) is 23.8 Å². The van der Waals surface area contributed by atoms with Crippen molar-refractivity contribution in [3.63, 3.8) is 0 Å². The lowest BCUT2D eigenvalue weighted by molar-refractivity contribution is 0.628. The summed E-state index contributed by atoms with van der Waals surface area (Å²) in [5, 5.41) is 8.02. The summed E-state index contributed by atoms with van der Waals surface area (Å²) in [4.78, 5) is 15.6. The molecule has 0 saturated carbocycles. The Morgan fingerprint density at radius 1 is 1.23 bits per heavy atom. The number of hydrogen-bond donors (Lipinski definition) is 2. The van der Waals surface area contributed by atoms with Gasteiger partial charge in [-0.1, -0.05) is 29.3 Å². The first-order chi connectivity index (χ1) is 14.4. The molecule has 0 amide bonds. The fourth-order valence-corrected chi connectivity index (χ4v) is 3.28. The van der Waals surface area contributed by atoms with Gasteiger partial charge in [0.05, 0.1) is 29.5 Å². The summed E-state index contributed by atoms with van der Waals surface area (Å²) in [5.74, 6) is -0.221. The zero-order valence-corrected chi connectivity index (χ0v) is 16.9. The molecule has 8 nitrogen and oxygen atoms in total. The molecule has 11 heteroatoms. The van der Waals surface area contributed by atoms with Gasteiger partial charge in [-0.15, -0.1) is 0 Å². The van der Waals surface area contributed by atoms with Crippen molar-refractivity contribution in [3.8, 4) is 11.3 Å². The van der Waals surface area contributed by atoms with E-state index in [1.54, 1.807) is 12.1 Å². The van der Waals surface area contributed by atoms with Gasteiger partial charge < -0.3 is 11.1 Å². The minimum atomic E-state index is -0.571. The van der Waals surface area contributed by atoms with Crippen LogP contribution in [0.1, 0.15) is 18.5 Å². The van der Waals surface area contributed by atoms with Crippen molar-refractivity contribution in [2.45, 2.75) is 13.0 Å². The van der Waals surface area contributed by atoms with Gasteiger partial charge in [0.15, 0.2) is 10.8 Å². The van der Waals surface area contributed by atoms with E-state index >= 15 is 0 Å². The quantitative estimate of drug-likeness (QED) is 0.434. The number of fused-ring (bicyclic) bond motifs is 1. The molecule has 3 aromatic heterocycles. The number of imidazole rings is 1.